The smallest absolute Gasteiger partial charge is 0.286 e. The van der Waals surface area contributed by atoms with Crippen LogP contribution in [0.1, 0.15) is 0 Å². The maximum absolute atomic E-state index is 12.8. The third kappa shape index (κ3) is 2.35. The molecule has 0 radical (unpaired) electrons. The number of sulfonamides is 1. The predicted octanol–water partition coefficient (Wildman–Crippen LogP) is 3.58. The first-order valence-corrected chi connectivity index (χ1v) is 8.27. The van der Waals surface area contributed by atoms with E-state index in [2.05, 4.69) is 4.98 Å². The number of aromatic amines is 1. The second-order valence-electron chi connectivity index (χ2n) is 4.56. The zero-order valence-corrected chi connectivity index (χ0v) is 13.2. The van der Waals surface area contributed by atoms with Gasteiger partial charge in [-0.3, -0.25) is 4.84 Å². The Morgan fingerprint density at radius 2 is 1.82 bits per heavy atom. The highest BCUT2D eigenvalue weighted by Gasteiger charge is 2.27. The fourth-order valence-electron chi connectivity index (χ4n) is 2.27. The molecule has 1 heterocycles. The number of hydrogen-bond donors (Lipinski definition) is 1. The van der Waals surface area contributed by atoms with Gasteiger partial charge in [-0.1, -0.05) is 41.9 Å². The van der Waals surface area contributed by atoms with E-state index in [0.29, 0.717) is 16.2 Å². The van der Waals surface area contributed by atoms with Gasteiger partial charge in [0.1, 0.15) is 5.69 Å². The number of fused-ring (bicyclic) bond motifs is 1. The van der Waals surface area contributed by atoms with Crippen molar-refractivity contribution in [3.8, 4) is 0 Å². The molecule has 1 N–H and O–H groups in total. The number of para-hydroxylation sites is 1. The van der Waals surface area contributed by atoms with Crippen LogP contribution in [0.15, 0.2) is 59.6 Å². The molecule has 7 heteroatoms. The SMILES string of the molecule is CON(c1cccc2c(Cl)c[nH]c12)S(=O)(=O)c1ccccc1. The second kappa shape index (κ2) is 5.64. The number of aromatic nitrogens is 1. The van der Waals surface area contributed by atoms with Crippen molar-refractivity contribution in [1.82, 2.24) is 4.98 Å². The van der Waals surface area contributed by atoms with Gasteiger partial charge in [-0.25, -0.2) is 0 Å². The lowest BCUT2D eigenvalue weighted by atomic mass is 10.2. The Morgan fingerprint density at radius 1 is 1.09 bits per heavy atom. The molecule has 5 nitrogen and oxygen atoms in total. The van der Waals surface area contributed by atoms with Crippen molar-refractivity contribution in [2.45, 2.75) is 4.90 Å². The molecule has 0 bridgehead atoms. The summed E-state index contributed by atoms with van der Waals surface area (Å²) in [5.41, 5.74) is 0.963. The van der Waals surface area contributed by atoms with E-state index in [1.807, 2.05) is 0 Å². The molecule has 0 amide bonds. The van der Waals surface area contributed by atoms with Crippen LogP contribution in [-0.4, -0.2) is 20.5 Å². The molecule has 0 aliphatic rings. The summed E-state index contributed by atoms with van der Waals surface area (Å²) in [6.45, 7) is 0. The van der Waals surface area contributed by atoms with Crippen LogP contribution in [0.5, 0.6) is 0 Å². The van der Waals surface area contributed by atoms with Gasteiger partial charge in [-0.05, 0) is 18.2 Å². The van der Waals surface area contributed by atoms with Crippen LogP contribution in [0.25, 0.3) is 10.9 Å². The summed E-state index contributed by atoms with van der Waals surface area (Å²) < 4.78 is 26.4. The van der Waals surface area contributed by atoms with Gasteiger partial charge in [0.15, 0.2) is 0 Å². The molecular formula is C15H13ClN2O3S. The molecule has 114 valence electrons. The standard InChI is InChI=1S/C15H13ClN2O3S/c1-21-18(22(19,20)11-6-3-2-4-7-11)14-9-5-8-12-13(16)10-17-15(12)14/h2-10,17H,1H3. The third-order valence-electron chi connectivity index (χ3n) is 3.26. The van der Waals surface area contributed by atoms with E-state index in [-0.39, 0.29) is 4.90 Å². The fraction of sp³-hybridized carbons (Fsp3) is 0.0667. The monoisotopic (exact) mass is 336 g/mol. The molecular weight excluding hydrogens is 324 g/mol. The van der Waals surface area contributed by atoms with Crippen molar-refractivity contribution in [2.75, 3.05) is 11.6 Å². The Labute approximate surface area is 133 Å². The topological polar surface area (TPSA) is 62.4 Å². The molecule has 0 atom stereocenters. The van der Waals surface area contributed by atoms with Crippen LogP contribution in [0.4, 0.5) is 5.69 Å². The van der Waals surface area contributed by atoms with Crippen LogP contribution in [0.3, 0.4) is 0 Å². The van der Waals surface area contributed by atoms with E-state index in [9.17, 15) is 8.42 Å². The van der Waals surface area contributed by atoms with Crippen LogP contribution >= 0.6 is 11.6 Å². The summed E-state index contributed by atoms with van der Waals surface area (Å²) in [7, 11) is -2.53. The Balaban J connectivity index is 2.19. The number of halogens is 1. The summed E-state index contributed by atoms with van der Waals surface area (Å²) in [5.74, 6) is 0. The Bertz CT molecular complexity index is 907. The summed E-state index contributed by atoms with van der Waals surface area (Å²) in [4.78, 5) is 8.28. The lowest BCUT2D eigenvalue weighted by Crippen LogP contribution is -2.30. The maximum Gasteiger partial charge on any atom is 0.286 e. The Kier molecular flexibility index (Phi) is 3.82. The predicted molar refractivity (Wildman–Crippen MR) is 86.4 cm³/mol. The van der Waals surface area contributed by atoms with Crippen LogP contribution in [-0.2, 0) is 14.9 Å². The zero-order chi connectivity index (χ0) is 15.7. The molecule has 22 heavy (non-hydrogen) atoms. The summed E-state index contributed by atoms with van der Waals surface area (Å²) in [5, 5.41) is 1.24. The van der Waals surface area contributed by atoms with E-state index in [1.165, 1.54) is 19.2 Å². The molecule has 0 saturated heterocycles. The maximum atomic E-state index is 12.8. The molecule has 0 fully saturated rings. The normalized spacial score (nSPS) is 11.7. The lowest BCUT2D eigenvalue weighted by molar-refractivity contribution is 0.216. The minimum atomic E-state index is -3.84. The van der Waals surface area contributed by atoms with Crippen molar-refractivity contribution in [1.29, 1.82) is 0 Å². The number of nitrogens with one attached hydrogen (secondary N) is 1. The van der Waals surface area contributed by atoms with E-state index in [4.69, 9.17) is 16.4 Å². The minimum Gasteiger partial charge on any atom is -0.358 e. The van der Waals surface area contributed by atoms with Gasteiger partial charge in [-0.15, -0.1) is 4.47 Å². The van der Waals surface area contributed by atoms with Gasteiger partial charge in [0.05, 0.1) is 22.5 Å². The average Bonchev–Trinajstić information content (AvgIpc) is 2.91. The van der Waals surface area contributed by atoms with Crippen molar-refractivity contribution < 1.29 is 13.3 Å². The first-order valence-electron chi connectivity index (χ1n) is 6.46. The molecule has 1 aromatic heterocycles. The second-order valence-corrected chi connectivity index (χ2v) is 6.72. The number of nitrogens with zero attached hydrogens (tertiary/aromatic N) is 1. The van der Waals surface area contributed by atoms with Gasteiger partial charge in [0.25, 0.3) is 10.0 Å². The number of rotatable bonds is 4. The highest BCUT2D eigenvalue weighted by molar-refractivity contribution is 7.92. The molecule has 2 aromatic carbocycles. The largest absolute Gasteiger partial charge is 0.358 e. The van der Waals surface area contributed by atoms with Gasteiger partial charge >= 0.3 is 0 Å². The summed E-state index contributed by atoms with van der Waals surface area (Å²) in [6, 6.07) is 13.3. The van der Waals surface area contributed by atoms with Gasteiger partial charge in [-0.2, -0.15) is 8.42 Å². The summed E-state index contributed by atoms with van der Waals surface area (Å²) >= 11 is 6.08. The minimum absolute atomic E-state index is 0.145. The highest BCUT2D eigenvalue weighted by Crippen LogP contribution is 2.33. The number of benzene rings is 2. The zero-order valence-electron chi connectivity index (χ0n) is 11.7. The highest BCUT2D eigenvalue weighted by atomic mass is 35.5. The number of hydrogen-bond acceptors (Lipinski definition) is 3. The van der Waals surface area contributed by atoms with E-state index >= 15 is 0 Å². The lowest BCUT2D eigenvalue weighted by Gasteiger charge is -2.22. The number of H-pyrrole nitrogens is 1. The van der Waals surface area contributed by atoms with E-state index in [1.54, 1.807) is 42.6 Å². The summed E-state index contributed by atoms with van der Waals surface area (Å²) in [6.07, 6.45) is 1.61. The first kappa shape index (κ1) is 14.9. The molecule has 0 unspecified atom stereocenters. The number of anilines is 1. The van der Waals surface area contributed by atoms with Crippen molar-refractivity contribution in [2.24, 2.45) is 0 Å². The molecule has 0 saturated carbocycles. The van der Waals surface area contributed by atoms with Crippen molar-refractivity contribution in [3.63, 3.8) is 0 Å². The molecule has 3 rings (SSSR count). The van der Waals surface area contributed by atoms with Gasteiger partial charge in [0, 0.05) is 11.6 Å². The molecule has 0 spiro atoms. The first-order chi connectivity index (χ1) is 10.6. The average molecular weight is 337 g/mol. The van der Waals surface area contributed by atoms with Gasteiger partial charge < -0.3 is 4.98 Å². The fourth-order valence-corrected chi connectivity index (χ4v) is 3.78. The van der Waals surface area contributed by atoms with Crippen LogP contribution in [0, 0.1) is 0 Å². The van der Waals surface area contributed by atoms with E-state index in [0.717, 1.165) is 9.85 Å². The third-order valence-corrected chi connectivity index (χ3v) is 5.23. The molecule has 3 aromatic rings. The Hall–Kier alpha value is -2.02. The molecule has 0 aliphatic heterocycles. The van der Waals surface area contributed by atoms with Crippen LogP contribution < -0.4 is 4.47 Å². The molecule has 0 aliphatic carbocycles. The van der Waals surface area contributed by atoms with Gasteiger partial charge in [0.2, 0.25) is 0 Å². The van der Waals surface area contributed by atoms with Crippen molar-refractivity contribution in [3.05, 3.63) is 59.8 Å². The van der Waals surface area contributed by atoms with Crippen molar-refractivity contribution >= 4 is 38.2 Å². The van der Waals surface area contributed by atoms with E-state index < -0.39 is 10.0 Å². The Morgan fingerprint density at radius 3 is 2.50 bits per heavy atom. The quantitative estimate of drug-likeness (QED) is 0.741. The van der Waals surface area contributed by atoms with Crippen LogP contribution in [0.2, 0.25) is 5.02 Å².